The Morgan fingerprint density at radius 2 is 1.93 bits per heavy atom. The van der Waals surface area contributed by atoms with Crippen molar-refractivity contribution in [3.8, 4) is 0 Å². The Kier molecular flexibility index (Phi) is 5.19. The third-order valence-electron chi connectivity index (χ3n) is 2.72. The highest BCUT2D eigenvalue weighted by atomic mass is 15.1. The molecule has 0 bridgehead atoms. The van der Waals surface area contributed by atoms with Crippen molar-refractivity contribution in [2.75, 3.05) is 24.5 Å². The van der Waals surface area contributed by atoms with Gasteiger partial charge in [-0.05, 0) is 44.9 Å². The summed E-state index contributed by atoms with van der Waals surface area (Å²) < 4.78 is 0. The summed E-state index contributed by atoms with van der Waals surface area (Å²) >= 11 is 0. The predicted octanol–water partition coefficient (Wildman–Crippen LogP) is 2.56. The van der Waals surface area contributed by atoms with E-state index in [0.29, 0.717) is 0 Å². The molecule has 0 spiro atoms. The second-order valence-corrected chi connectivity index (χ2v) is 3.86. The highest BCUT2D eigenvalue weighted by Crippen LogP contribution is 2.19. The van der Waals surface area contributed by atoms with Crippen molar-refractivity contribution in [1.29, 1.82) is 0 Å². The number of rotatable bonds is 6. The zero-order valence-corrected chi connectivity index (χ0v) is 9.87. The second-order valence-electron chi connectivity index (χ2n) is 3.86. The summed E-state index contributed by atoms with van der Waals surface area (Å²) in [6.45, 7) is 7.34. The fraction of sp³-hybridized carbons (Fsp3) is 0.538. The summed E-state index contributed by atoms with van der Waals surface area (Å²) in [6.07, 6.45) is 2.29. The smallest absolute Gasteiger partial charge is 0.0395 e. The van der Waals surface area contributed by atoms with Crippen LogP contribution in [0.2, 0.25) is 0 Å². The van der Waals surface area contributed by atoms with Crippen molar-refractivity contribution >= 4 is 5.69 Å². The van der Waals surface area contributed by atoms with Gasteiger partial charge in [0.25, 0.3) is 0 Å². The Labute approximate surface area is 93.1 Å². The number of aryl methyl sites for hydroxylation is 1. The molecule has 0 aliphatic heterocycles. The third-order valence-corrected chi connectivity index (χ3v) is 2.72. The fourth-order valence-electron chi connectivity index (χ4n) is 1.81. The van der Waals surface area contributed by atoms with Crippen molar-refractivity contribution in [3.63, 3.8) is 0 Å². The highest BCUT2D eigenvalue weighted by molar-refractivity contribution is 5.52. The lowest BCUT2D eigenvalue weighted by Crippen LogP contribution is -2.25. The van der Waals surface area contributed by atoms with E-state index in [-0.39, 0.29) is 0 Å². The Hall–Kier alpha value is -1.02. The quantitative estimate of drug-likeness (QED) is 0.725. The normalized spacial score (nSPS) is 10.3. The monoisotopic (exact) mass is 206 g/mol. The van der Waals surface area contributed by atoms with Gasteiger partial charge in [0.1, 0.15) is 0 Å². The summed E-state index contributed by atoms with van der Waals surface area (Å²) in [5, 5.41) is 0. The van der Waals surface area contributed by atoms with Gasteiger partial charge >= 0.3 is 0 Å². The summed E-state index contributed by atoms with van der Waals surface area (Å²) in [5.41, 5.74) is 8.22. The molecule has 0 saturated heterocycles. The van der Waals surface area contributed by atoms with Crippen LogP contribution in [0.3, 0.4) is 0 Å². The van der Waals surface area contributed by atoms with E-state index >= 15 is 0 Å². The van der Waals surface area contributed by atoms with E-state index in [1.165, 1.54) is 17.7 Å². The number of hydrogen-bond donors (Lipinski definition) is 1. The van der Waals surface area contributed by atoms with Crippen LogP contribution in [-0.4, -0.2) is 19.6 Å². The molecule has 0 radical (unpaired) electrons. The lowest BCUT2D eigenvalue weighted by Gasteiger charge is -2.24. The molecule has 1 aromatic rings. The van der Waals surface area contributed by atoms with Gasteiger partial charge < -0.3 is 10.6 Å². The van der Waals surface area contributed by atoms with Gasteiger partial charge in [0, 0.05) is 18.8 Å². The van der Waals surface area contributed by atoms with Gasteiger partial charge in [-0.2, -0.15) is 0 Å². The first-order chi connectivity index (χ1) is 7.29. The van der Waals surface area contributed by atoms with Gasteiger partial charge in [-0.25, -0.2) is 0 Å². The zero-order chi connectivity index (χ0) is 11.1. The van der Waals surface area contributed by atoms with E-state index in [4.69, 9.17) is 5.73 Å². The molecule has 0 atom stereocenters. The Morgan fingerprint density at radius 1 is 1.20 bits per heavy atom. The molecule has 2 heteroatoms. The molecule has 0 aromatic heterocycles. The van der Waals surface area contributed by atoms with Gasteiger partial charge in [0.2, 0.25) is 0 Å². The van der Waals surface area contributed by atoms with Gasteiger partial charge in [-0.15, -0.1) is 0 Å². The van der Waals surface area contributed by atoms with Crippen molar-refractivity contribution in [3.05, 3.63) is 29.8 Å². The average Bonchev–Trinajstić information content (AvgIpc) is 2.26. The topological polar surface area (TPSA) is 29.3 Å². The second kappa shape index (κ2) is 6.46. The lowest BCUT2D eigenvalue weighted by atomic mass is 10.1. The zero-order valence-electron chi connectivity index (χ0n) is 9.87. The molecule has 0 unspecified atom stereocenters. The van der Waals surface area contributed by atoms with E-state index in [0.717, 1.165) is 26.1 Å². The molecule has 1 rings (SSSR count). The van der Waals surface area contributed by atoms with Crippen LogP contribution < -0.4 is 10.6 Å². The number of anilines is 1. The summed E-state index contributed by atoms with van der Waals surface area (Å²) in [6, 6.07) is 8.56. The van der Waals surface area contributed by atoms with Crippen LogP contribution in [0.25, 0.3) is 0 Å². The van der Waals surface area contributed by atoms with Crippen molar-refractivity contribution in [2.24, 2.45) is 5.73 Å². The number of nitrogens with zero attached hydrogens (tertiary/aromatic N) is 1. The minimum Gasteiger partial charge on any atom is -0.372 e. The van der Waals surface area contributed by atoms with Crippen LogP contribution in [0, 0.1) is 6.92 Å². The maximum atomic E-state index is 5.51. The summed E-state index contributed by atoms with van der Waals surface area (Å²) in [7, 11) is 0. The average molecular weight is 206 g/mol. The number of nitrogens with two attached hydrogens (primary N) is 1. The SMILES string of the molecule is CCN(CCCCN)c1ccccc1C. The van der Waals surface area contributed by atoms with Gasteiger partial charge in [-0.3, -0.25) is 0 Å². The van der Waals surface area contributed by atoms with Crippen LogP contribution in [0.4, 0.5) is 5.69 Å². The van der Waals surface area contributed by atoms with Crippen molar-refractivity contribution in [2.45, 2.75) is 26.7 Å². The number of para-hydroxylation sites is 1. The van der Waals surface area contributed by atoms with Crippen LogP contribution >= 0.6 is 0 Å². The molecule has 84 valence electrons. The lowest BCUT2D eigenvalue weighted by molar-refractivity contribution is 0.703. The molecule has 0 amide bonds. The van der Waals surface area contributed by atoms with Crippen LogP contribution in [0.15, 0.2) is 24.3 Å². The standard InChI is InChI=1S/C13H22N2/c1-3-15(11-7-6-10-14)13-9-5-4-8-12(13)2/h4-5,8-9H,3,6-7,10-11,14H2,1-2H3. The molecule has 2 nitrogen and oxygen atoms in total. The molecule has 0 saturated carbocycles. The van der Waals surface area contributed by atoms with E-state index in [9.17, 15) is 0 Å². The maximum absolute atomic E-state index is 5.51. The molecule has 0 aliphatic carbocycles. The molecular weight excluding hydrogens is 184 g/mol. The molecule has 0 fully saturated rings. The first kappa shape index (κ1) is 12.1. The van der Waals surface area contributed by atoms with Crippen LogP contribution in [-0.2, 0) is 0 Å². The number of unbranched alkanes of at least 4 members (excludes halogenated alkanes) is 1. The first-order valence-electron chi connectivity index (χ1n) is 5.80. The molecule has 0 aliphatic rings. The molecular formula is C13H22N2. The van der Waals surface area contributed by atoms with Crippen molar-refractivity contribution < 1.29 is 0 Å². The molecule has 0 heterocycles. The molecule has 1 aromatic carbocycles. The minimum absolute atomic E-state index is 0.797. The van der Waals surface area contributed by atoms with Gasteiger partial charge in [0.05, 0.1) is 0 Å². The van der Waals surface area contributed by atoms with E-state index in [1.54, 1.807) is 0 Å². The van der Waals surface area contributed by atoms with E-state index in [1.807, 2.05) is 0 Å². The molecule has 15 heavy (non-hydrogen) atoms. The predicted molar refractivity (Wildman–Crippen MR) is 67.4 cm³/mol. The number of benzene rings is 1. The Balaban J connectivity index is 2.61. The fourth-order valence-corrected chi connectivity index (χ4v) is 1.81. The van der Waals surface area contributed by atoms with Crippen LogP contribution in [0.1, 0.15) is 25.3 Å². The van der Waals surface area contributed by atoms with E-state index < -0.39 is 0 Å². The highest BCUT2D eigenvalue weighted by Gasteiger charge is 2.05. The summed E-state index contributed by atoms with van der Waals surface area (Å²) in [4.78, 5) is 2.42. The van der Waals surface area contributed by atoms with E-state index in [2.05, 4.69) is 43.0 Å². The minimum atomic E-state index is 0.797. The van der Waals surface area contributed by atoms with Crippen molar-refractivity contribution in [1.82, 2.24) is 0 Å². The largest absolute Gasteiger partial charge is 0.372 e. The van der Waals surface area contributed by atoms with Crippen LogP contribution in [0.5, 0.6) is 0 Å². The third kappa shape index (κ3) is 3.56. The number of hydrogen-bond acceptors (Lipinski definition) is 2. The van der Waals surface area contributed by atoms with Gasteiger partial charge in [-0.1, -0.05) is 18.2 Å². The maximum Gasteiger partial charge on any atom is 0.0395 e. The molecule has 2 N–H and O–H groups in total. The Bertz CT molecular complexity index is 284. The first-order valence-corrected chi connectivity index (χ1v) is 5.80. The Morgan fingerprint density at radius 3 is 2.53 bits per heavy atom. The van der Waals surface area contributed by atoms with Gasteiger partial charge in [0.15, 0.2) is 0 Å². The summed E-state index contributed by atoms with van der Waals surface area (Å²) in [5.74, 6) is 0.